The van der Waals surface area contributed by atoms with Crippen molar-refractivity contribution in [2.24, 2.45) is 5.41 Å². The maximum absolute atomic E-state index is 5.99. The summed E-state index contributed by atoms with van der Waals surface area (Å²) in [6.07, 6.45) is 5.64. The standard InChI is InChI=1S/C15H28N2O2/c1-15(5-6-16-10-15)11-17-7-8-19-14-4-3-12(18-2)9-13(14)17/h12-14,16H,3-11H2,1-2H3. The van der Waals surface area contributed by atoms with Gasteiger partial charge in [0.25, 0.3) is 0 Å². The van der Waals surface area contributed by atoms with Gasteiger partial charge in [-0.25, -0.2) is 0 Å². The maximum atomic E-state index is 5.99. The van der Waals surface area contributed by atoms with Crippen LogP contribution >= 0.6 is 0 Å². The average molecular weight is 268 g/mol. The fourth-order valence-electron chi connectivity index (χ4n) is 4.05. The first-order valence-corrected chi connectivity index (χ1v) is 7.79. The van der Waals surface area contributed by atoms with Crippen LogP contribution in [0.15, 0.2) is 0 Å². The lowest BCUT2D eigenvalue weighted by atomic mass is 9.84. The molecular weight excluding hydrogens is 240 g/mol. The minimum atomic E-state index is 0.431. The molecule has 4 heteroatoms. The predicted molar refractivity (Wildman–Crippen MR) is 75.3 cm³/mol. The molecule has 0 amide bonds. The fourth-order valence-corrected chi connectivity index (χ4v) is 4.05. The highest BCUT2D eigenvalue weighted by Crippen LogP contribution is 2.33. The van der Waals surface area contributed by atoms with Crippen molar-refractivity contribution in [1.29, 1.82) is 0 Å². The van der Waals surface area contributed by atoms with Crippen molar-refractivity contribution in [1.82, 2.24) is 10.2 Å². The smallest absolute Gasteiger partial charge is 0.0732 e. The minimum absolute atomic E-state index is 0.431. The lowest BCUT2D eigenvalue weighted by Gasteiger charge is -2.47. The van der Waals surface area contributed by atoms with Crippen molar-refractivity contribution >= 4 is 0 Å². The number of morpholine rings is 1. The quantitative estimate of drug-likeness (QED) is 0.835. The first-order chi connectivity index (χ1) is 9.20. The number of hydrogen-bond donors (Lipinski definition) is 1. The summed E-state index contributed by atoms with van der Waals surface area (Å²) in [7, 11) is 1.85. The lowest BCUT2D eigenvalue weighted by molar-refractivity contribution is -0.120. The van der Waals surface area contributed by atoms with Gasteiger partial charge in [-0.2, -0.15) is 0 Å². The predicted octanol–water partition coefficient (Wildman–Crippen LogP) is 1.25. The Balaban J connectivity index is 1.65. The second kappa shape index (κ2) is 5.68. The van der Waals surface area contributed by atoms with Crippen LogP contribution in [-0.2, 0) is 9.47 Å². The molecule has 0 aromatic heterocycles. The molecule has 4 unspecified atom stereocenters. The van der Waals surface area contributed by atoms with E-state index in [4.69, 9.17) is 9.47 Å². The largest absolute Gasteiger partial charge is 0.381 e. The van der Waals surface area contributed by atoms with Crippen molar-refractivity contribution < 1.29 is 9.47 Å². The normalized spacial score (nSPS) is 44.2. The number of nitrogens with one attached hydrogen (secondary N) is 1. The molecule has 110 valence electrons. The van der Waals surface area contributed by atoms with E-state index in [-0.39, 0.29) is 0 Å². The molecule has 2 heterocycles. The summed E-state index contributed by atoms with van der Waals surface area (Å²) in [6, 6.07) is 0.574. The van der Waals surface area contributed by atoms with E-state index in [1.807, 2.05) is 7.11 Å². The summed E-state index contributed by atoms with van der Waals surface area (Å²) in [5.41, 5.74) is 0.446. The number of fused-ring (bicyclic) bond motifs is 1. The molecule has 0 spiro atoms. The summed E-state index contributed by atoms with van der Waals surface area (Å²) in [4.78, 5) is 2.69. The lowest BCUT2D eigenvalue weighted by Crippen LogP contribution is -2.57. The summed E-state index contributed by atoms with van der Waals surface area (Å²) >= 11 is 0. The Labute approximate surface area is 116 Å². The highest BCUT2D eigenvalue weighted by atomic mass is 16.5. The van der Waals surface area contributed by atoms with Crippen LogP contribution in [0.2, 0.25) is 0 Å². The van der Waals surface area contributed by atoms with Crippen molar-refractivity contribution in [3.05, 3.63) is 0 Å². The molecule has 0 bridgehead atoms. The second-order valence-corrected chi connectivity index (χ2v) is 6.86. The van der Waals surface area contributed by atoms with Gasteiger partial charge in [-0.05, 0) is 37.6 Å². The van der Waals surface area contributed by atoms with E-state index in [1.165, 1.54) is 19.5 Å². The van der Waals surface area contributed by atoms with Gasteiger partial charge in [-0.3, -0.25) is 4.90 Å². The molecule has 0 aromatic rings. The van der Waals surface area contributed by atoms with Crippen molar-refractivity contribution in [3.8, 4) is 0 Å². The first kappa shape index (κ1) is 13.8. The molecule has 3 fully saturated rings. The van der Waals surface area contributed by atoms with Gasteiger partial charge >= 0.3 is 0 Å². The van der Waals surface area contributed by atoms with E-state index in [0.717, 1.165) is 39.0 Å². The summed E-state index contributed by atoms with van der Waals surface area (Å²) in [5, 5.41) is 3.51. The average Bonchev–Trinajstić information content (AvgIpc) is 2.85. The molecule has 4 nitrogen and oxygen atoms in total. The van der Waals surface area contributed by atoms with Gasteiger partial charge in [0.1, 0.15) is 0 Å². The van der Waals surface area contributed by atoms with E-state index in [1.54, 1.807) is 0 Å². The van der Waals surface area contributed by atoms with Crippen LogP contribution in [0, 0.1) is 5.41 Å². The molecule has 1 aliphatic carbocycles. The number of methoxy groups -OCH3 is 1. The van der Waals surface area contributed by atoms with Crippen LogP contribution < -0.4 is 5.32 Å². The molecule has 2 saturated heterocycles. The second-order valence-electron chi connectivity index (χ2n) is 6.86. The molecule has 1 N–H and O–H groups in total. The minimum Gasteiger partial charge on any atom is -0.381 e. The van der Waals surface area contributed by atoms with Gasteiger partial charge in [0.2, 0.25) is 0 Å². The summed E-state index contributed by atoms with van der Waals surface area (Å²) in [6.45, 7) is 7.97. The van der Waals surface area contributed by atoms with Crippen molar-refractivity contribution in [3.63, 3.8) is 0 Å². The topological polar surface area (TPSA) is 33.7 Å². The van der Waals surface area contributed by atoms with E-state index in [0.29, 0.717) is 23.7 Å². The zero-order chi connectivity index (χ0) is 13.3. The third kappa shape index (κ3) is 2.97. The summed E-state index contributed by atoms with van der Waals surface area (Å²) in [5.74, 6) is 0. The number of ether oxygens (including phenoxy) is 2. The summed E-state index contributed by atoms with van der Waals surface area (Å²) < 4.78 is 11.6. The van der Waals surface area contributed by atoms with Crippen LogP contribution in [0.4, 0.5) is 0 Å². The van der Waals surface area contributed by atoms with Crippen LogP contribution in [0.25, 0.3) is 0 Å². The monoisotopic (exact) mass is 268 g/mol. The molecule has 3 aliphatic rings. The molecular formula is C15H28N2O2. The van der Waals surface area contributed by atoms with E-state index in [2.05, 4.69) is 17.1 Å². The number of rotatable bonds is 3. The Bertz CT molecular complexity index is 305. The molecule has 0 aromatic carbocycles. The van der Waals surface area contributed by atoms with Crippen LogP contribution in [0.1, 0.15) is 32.6 Å². The Morgan fingerprint density at radius 2 is 2.32 bits per heavy atom. The van der Waals surface area contributed by atoms with Crippen LogP contribution in [-0.4, -0.2) is 63.0 Å². The van der Waals surface area contributed by atoms with Gasteiger partial charge in [0.05, 0.1) is 18.8 Å². The SMILES string of the molecule is COC1CCC2OCCN(CC3(C)CCNC3)C2C1. The third-order valence-electron chi connectivity index (χ3n) is 5.26. The zero-order valence-electron chi connectivity index (χ0n) is 12.4. The van der Waals surface area contributed by atoms with Gasteiger partial charge < -0.3 is 14.8 Å². The van der Waals surface area contributed by atoms with Crippen LogP contribution in [0.3, 0.4) is 0 Å². The molecule has 4 atom stereocenters. The van der Waals surface area contributed by atoms with Crippen LogP contribution in [0.5, 0.6) is 0 Å². The highest BCUT2D eigenvalue weighted by molar-refractivity contribution is 4.95. The Kier molecular flexibility index (Phi) is 4.13. The molecule has 1 saturated carbocycles. The van der Waals surface area contributed by atoms with E-state index < -0.39 is 0 Å². The Morgan fingerprint density at radius 1 is 1.42 bits per heavy atom. The highest BCUT2D eigenvalue weighted by Gasteiger charge is 2.41. The zero-order valence-corrected chi connectivity index (χ0v) is 12.4. The van der Waals surface area contributed by atoms with Crippen molar-refractivity contribution in [2.45, 2.75) is 50.9 Å². The number of hydrogen-bond acceptors (Lipinski definition) is 4. The van der Waals surface area contributed by atoms with Gasteiger partial charge in [0, 0.05) is 32.8 Å². The Morgan fingerprint density at radius 3 is 3.05 bits per heavy atom. The maximum Gasteiger partial charge on any atom is 0.0732 e. The Hall–Kier alpha value is -0.160. The third-order valence-corrected chi connectivity index (χ3v) is 5.26. The van der Waals surface area contributed by atoms with E-state index in [9.17, 15) is 0 Å². The van der Waals surface area contributed by atoms with E-state index >= 15 is 0 Å². The number of nitrogens with zero attached hydrogens (tertiary/aromatic N) is 1. The van der Waals surface area contributed by atoms with Gasteiger partial charge in [-0.15, -0.1) is 0 Å². The molecule has 3 rings (SSSR count). The molecule has 2 aliphatic heterocycles. The van der Waals surface area contributed by atoms with Gasteiger partial charge in [-0.1, -0.05) is 6.92 Å². The fraction of sp³-hybridized carbons (Fsp3) is 1.00. The first-order valence-electron chi connectivity index (χ1n) is 7.79. The molecule has 19 heavy (non-hydrogen) atoms. The molecule has 0 radical (unpaired) electrons. The van der Waals surface area contributed by atoms with Gasteiger partial charge in [0.15, 0.2) is 0 Å². The van der Waals surface area contributed by atoms with Crippen molar-refractivity contribution in [2.75, 3.05) is 39.9 Å².